The molecule has 1 atom stereocenters. The quantitative estimate of drug-likeness (QED) is 0.799. The average Bonchev–Trinajstić information content (AvgIpc) is 2.55. The molecule has 0 saturated carbocycles. The summed E-state index contributed by atoms with van der Waals surface area (Å²) in [5, 5.41) is 10.0. The van der Waals surface area contributed by atoms with Crippen LogP contribution in [0.3, 0.4) is 0 Å². The first-order valence-corrected chi connectivity index (χ1v) is 6.81. The maximum absolute atomic E-state index is 7.80. The van der Waals surface area contributed by atoms with Crippen LogP contribution in [-0.4, -0.2) is 11.9 Å². The smallest absolute Gasteiger partial charge is 0.192 e. The summed E-state index contributed by atoms with van der Waals surface area (Å²) in [6.07, 6.45) is 8.47. The highest BCUT2D eigenvalue weighted by atomic mass is 15.0. The summed E-state index contributed by atoms with van der Waals surface area (Å²) in [4.78, 5) is 0. The molecule has 0 radical (unpaired) electrons. The predicted molar refractivity (Wildman–Crippen MR) is 71.3 cm³/mol. The SMILES string of the molecule is N=C1CCCCC(CCCc2ccccc2)[NH2+]1. The fourth-order valence-electron chi connectivity index (χ4n) is 2.61. The lowest BCUT2D eigenvalue weighted by molar-refractivity contribution is -0.584. The van der Waals surface area contributed by atoms with Crippen molar-refractivity contribution in [1.29, 1.82) is 5.41 Å². The van der Waals surface area contributed by atoms with Crippen LogP contribution in [0.15, 0.2) is 30.3 Å². The molecule has 0 aliphatic carbocycles. The van der Waals surface area contributed by atoms with Crippen molar-refractivity contribution in [2.24, 2.45) is 0 Å². The summed E-state index contributed by atoms with van der Waals surface area (Å²) < 4.78 is 0. The number of quaternary nitrogens is 1. The lowest BCUT2D eigenvalue weighted by Gasteiger charge is -2.12. The van der Waals surface area contributed by atoms with Gasteiger partial charge in [0.1, 0.15) is 0 Å². The molecule has 2 nitrogen and oxygen atoms in total. The van der Waals surface area contributed by atoms with Crippen molar-refractivity contribution in [3.8, 4) is 0 Å². The second-order valence-electron chi connectivity index (χ2n) is 5.08. The highest BCUT2D eigenvalue weighted by Gasteiger charge is 2.18. The Kier molecular flexibility index (Phi) is 4.75. The minimum atomic E-state index is 0.661. The summed E-state index contributed by atoms with van der Waals surface area (Å²) in [6.45, 7) is 0. The largest absolute Gasteiger partial charge is 0.299 e. The summed E-state index contributed by atoms with van der Waals surface area (Å²) in [5.41, 5.74) is 1.44. The van der Waals surface area contributed by atoms with Gasteiger partial charge in [-0.2, -0.15) is 0 Å². The van der Waals surface area contributed by atoms with E-state index in [1.807, 2.05) is 0 Å². The van der Waals surface area contributed by atoms with E-state index in [1.165, 1.54) is 44.1 Å². The third-order valence-electron chi connectivity index (χ3n) is 3.59. The van der Waals surface area contributed by atoms with E-state index in [0.717, 1.165) is 12.3 Å². The number of nitrogens with two attached hydrogens (primary N) is 1. The third kappa shape index (κ3) is 4.31. The average molecular weight is 231 g/mol. The fourth-order valence-corrected chi connectivity index (χ4v) is 2.61. The molecule has 1 heterocycles. The van der Waals surface area contributed by atoms with Gasteiger partial charge in [-0.1, -0.05) is 30.3 Å². The van der Waals surface area contributed by atoms with Gasteiger partial charge in [-0.05, 0) is 37.7 Å². The first kappa shape index (κ1) is 12.3. The molecule has 2 rings (SSSR count). The molecule has 1 aromatic carbocycles. The van der Waals surface area contributed by atoms with Gasteiger partial charge in [-0.25, -0.2) is 0 Å². The van der Waals surface area contributed by atoms with Crippen LogP contribution in [0.5, 0.6) is 0 Å². The number of amidine groups is 1. The molecular formula is C15H23N2+. The highest BCUT2D eigenvalue weighted by molar-refractivity contribution is 5.68. The topological polar surface area (TPSA) is 40.5 Å². The number of hydrogen-bond acceptors (Lipinski definition) is 1. The van der Waals surface area contributed by atoms with Gasteiger partial charge in [0.2, 0.25) is 0 Å². The van der Waals surface area contributed by atoms with Gasteiger partial charge in [0.25, 0.3) is 0 Å². The number of rotatable bonds is 4. The molecule has 0 bridgehead atoms. The van der Waals surface area contributed by atoms with E-state index in [9.17, 15) is 0 Å². The van der Waals surface area contributed by atoms with Crippen molar-refractivity contribution < 1.29 is 5.32 Å². The lowest BCUT2D eigenvalue weighted by Crippen LogP contribution is -2.92. The normalized spacial score (nSPS) is 21.2. The molecule has 1 aliphatic rings. The summed E-state index contributed by atoms with van der Waals surface area (Å²) in [6, 6.07) is 11.4. The zero-order valence-corrected chi connectivity index (χ0v) is 10.5. The minimum absolute atomic E-state index is 0.661. The fraction of sp³-hybridized carbons (Fsp3) is 0.533. The Labute approximate surface area is 104 Å². The van der Waals surface area contributed by atoms with Crippen molar-refractivity contribution in [3.05, 3.63) is 35.9 Å². The molecule has 2 heteroatoms. The van der Waals surface area contributed by atoms with Crippen LogP contribution >= 0.6 is 0 Å². The predicted octanol–water partition coefficient (Wildman–Crippen LogP) is 2.49. The number of hydrogen-bond donors (Lipinski definition) is 2. The third-order valence-corrected chi connectivity index (χ3v) is 3.59. The Hall–Kier alpha value is -1.15. The van der Waals surface area contributed by atoms with Crippen LogP contribution in [0.2, 0.25) is 0 Å². The molecule has 0 spiro atoms. The van der Waals surface area contributed by atoms with E-state index < -0.39 is 0 Å². The van der Waals surface area contributed by atoms with Gasteiger partial charge in [0, 0.05) is 12.8 Å². The standard InChI is InChI=1S/C15H22N2/c16-15-12-5-4-10-14(17-15)11-6-9-13-7-2-1-3-8-13/h1-3,7-8,14H,4-6,9-12H2,(H2,16,17)/p+1. The number of nitrogens with one attached hydrogen (secondary N) is 1. The van der Waals surface area contributed by atoms with Crippen LogP contribution in [0, 0.1) is 5.41 Å². The van der Waals surface area contributed by atoms with Crippen LogP contribution < -0.4 is 5.32 Å². The molecule has 1 saturated heterocycles. The van der Waals surface area contributed by atoms with E-state index >= 15 is 0 Å². The second-order valence-corrected chi connectivity index (χ2v) is 5.08. The van der Waals surface area contributed by atoms with Crippen LogP contribution in [0.4, 0.5) is 0 Å². The number of aryl methyl sites for hydroxylation is 1. The van der Waals surface area contributed by atoms with Crippen LogP contribution in [0.1, 0.15) is 44.1 Å². The molecular weight excluding hydrogens is 208 g/mol. The van der Waals surface area contributed by atoms with Gasteiger partial charge in [0.15, 0.2) is 5.84 Å². The molecule has 3 N–H and O–H groups in total. The summed E-state index contributed by atoms with van der Waals surface area (Å²) in [7, 11) is 0. The van der Waals surface area contributed by atoms with Crippen molar-refractivity contribution in [1.82, 2.24) is 0 Å². The summed E-state index contributed by atoms with van der Waals surface area (Å²) in [5.74, 6) is 0.868. The zero-order valence-electron chi connectivity index (χ0n) is 10.5. The van der Waals surface area contributed by atoms with Gasteiger partial charge in [-0.15, -0.1) is 0 Å². The monoisotopic (exact) mass is 231 g/mol. The van der Waals surface area contributed by atoms with E-state index in [2.05, 4.69) is 35.6 Å². The molecule has 1 aliphatic heterocycles. The Bertz CT molecular complexity index is 345. The van der Waals surface area contributed by atoms with Crippen molar-refractivity contribution >= 4 is 5.84 Å². The lowest BCUT2D eigenvalue weighted by atomic mass is 10.0. The molecule has 0 aromatic heterocycles. The molecule has 92 valence electrons. The van der Waals surface area contributed by atoms with E-state index in [1.54, 1.807) is 0 Å². The van der Waals surface area contributed by atoms with Crippen molar-refractivity contribution in [2.75, 3.05) is 0 Å². The van der Waals surface area contributed by atoms with Crippen LogP contribution in [0.25, 0.3) is 0 Å². The molecule has 1 unspecified atom stereocenters. The van der Waals surface area contributed by atoms with Crippen molar-refractivity contribution in [2.45, 2.75) is 51.0 Å². The van der Waals surface area contributed by atoms with Gasteiger partial charge in [-0.3, -0.25) is 10.7 Å². The van der Waals surface area contributed by atoms with E-state index in [0.29, 0.717) is 6.04 Å². The Morgan fingerprint density at radius 2 is 2.00 bits per heavy atom. The Morgan fingerprint density at radius 1 is 1.18 bits per heavy atom. The highest BCUT2D eigenvalue weighted by Crippen LogP contribution is 2.11. The van der Waals surface area contributed by atoms with Crippen molar-refractivity contribution in [3.63, 3.8) is 0 Å². The molecule has 17 heavy (non-hydrogen) atoms. The minimum Gasteiger partial charge on any atom is -0.299 e. The van der Waals surface area contributed by atoms with Gasteiger partial charge >= 0.3 is 0 Å². The Morgan fingerprint density at radius 3 is 2.82 bits per heavy atom. The number of benzene rings is 1. The van der Waals surface area contributed by atoms with Gasteiger partial charge < -0.3 is 0 Å². The van der Waals surface area contributed by atoms with E-state index in [-0.39, 0.29) is 0 Å². The molecule has 1 aromatic rings. The first-order chi connectivity index (χ1) is 8.34. The maximum atomic E-state index is 7.80. The zero-order chi connectivity index (χ0) is 11.9. The first-order valence-electron chi connectivity index (χ1n) is 6.81. The van der Waals surface area contributed by atoms with Crippen LogP contribution in [-0.2, 0) is 6.42 Å². The van der Waals surface area contributed by atoms with E-state index in [4.69, 9.17) is 5.41 Å². The molecule has 0 amide bonds. The maximum Gasteiger partial charge on any atom is 0.192 e. The molecule has 1 fully saturated rings. The van der Waals surface area contributed by atoms with Gasteiger partial charge in [0.05, 0.1) is 6.04 Å². The Balaban J connectivity index is 1.72. The summed E-state index contributed by atoms with van der Waals surface area (Å²) >= 11 is 0. The second kappa shape index (κ2) is 6.55.